The zero-order valence-electron chi connectivity index (χ0n) is 15.4. The number of carbonyl (C=O) groups excluding carboxylic acids is 1. The minimum atomic E-state index is -0.0799. The fourth-order valence-corrected chi connectivity index (χ4v) is 9.23. The molecule has 1 heterocycles. The summed E-state index contributed by atoms with van der Waals surface area (Å²) < 4.78 is 5.78. The fourth-order valence-electron chi connectivity index (χ4n) is 7.87. The van der Waals surface area contributed by atoms with Crippen LogP contribution in [0.1, 0.15) is 72.1 Å². The molecule has 0 spiro atoms. The quantitative estimate of drug-likeness (QED) is 0.490. The van der Waals surface area contributed by atoms with Crippen LogP contribution in [0, 0.1) is 34.5 Å². The van der Waals surface area contributed by atoms with E-state index in [1.807, 2.05) is 0 Å². The summed E-state index contributed by atoms with van der Waals surface area (Å²) in [5.74, 6) is 3.54. The Balaban J connectivity index is 1.41. The molecule has 0 bridgehead atoms. The summed E-state index contributed by atoms with van der Waals surface area (Å²) in [5.41, 5.74) is 0.857. The van der Waals surface area contributed by atoms with E-state index in [1.165, 1.54) is 44.9 Å². The van der Waals surface area contributed by atoms with Crippen molar-refractivity contribution in [2.75, 3.05) is 0 Å². The Kier molecular flexibility index (Phi) is 3.46. The lowest BCUT2D eigenvalue weighted by Gasteiger charge is -2.60. The highest BCUT2D eigenvalue weighted by molar-refractivity contribution is 8.07. The zero-order valence-corrected chi connectivity index (χ0v) is 16.2. The van der Waals surface area contributed by atoms with E-state index in [0.29, 0.717) is 5.41 Å². The number of ether oxygens (including phenoxy) is 1. The molecule has 0 unspecified atom stereocenters. The van der Waals surface area contributed by atoms with Gasteiger partial charge < -0.3 is 4.74 Å². The zero-order chi connectivity index (χ0) is 16.7. The van der Waals surface area contributed by atoms with E-state index in [1.54, 1.807) is 6.92 Å². The van der Waals surface area contributed by atoms with Crippen LogP contribution >= 0.6 is 11.8 Å². The summed E-state index contributed by atoms with van der Waals surface area (Å²) in [7, 11) is 0. The monoisotopic (exact) mass is 348 g/mol. The minimum absolute atomic E-state index is 0.0799. The molecule has 1 aliphatic heterocycles. The van der Waals surface area contributed by atoms with Crippen LogP contribution in [0.25, 0.3) is 0 Å². The van der Waals surface area contributed by atoms with Crippen LogP contribution in [0.2, 0.25) is 0 Å². The van der Waals surface area contributed by atoms with Crippen LogP contribution in [0.4, 0.5) is 0 Å². The third kappa shape index (κ3) is 2.12. The molecular weight excluding hydrogens is 316 g/mol. The molecule has 2 nitrogen and oxygen atoms in total. The minimum Gasteiger partial charge on any atom is -0.462 e. The van der Waals surface area contributed by atoms with Crippen LogP contribution in [0.3, 0.4) is 0 Å². The van der Waals surface area contributed by atoms with E-state index < -0.39 is 0 Å². The second-order valence-corrected chi connectivity index (χ2v) is 11.5. The maximum absolute atomic E-state index is 11.6. The smallest absolute Gasteiger partial charge is 0.302 e. The molecule has 4 aliphatic carbocycles. The van der Waals surface area contributed by atoms with Crippen molar-refractivity contribution in [3.8, 4) is 0 Å². The molecule has 3 heteroatoms. The van der Waals surface area contributed by atoms with Gasteiger partial charge in [-0.2, -0.15) is 11.8 Å². The third-order valence-corrected chi connectivity index (χ3v) is 10.5. The van der Waals surface area contributed by atoms with Gasteiger partial charge in [-0.25, -0.2) is 0 Å². The van der Waals surface area contributed by atoms with Crippen molar-refractivity contribution in [3.05, 3.63) is 0 Å². The number of esters is 1. The number of thioether (sulfide) groups is 1. The maximum atomic E-state index is 11.6. The van der Waals surface area contributed by atoms with Crippen molar-refractivity contribution in [2.45, 2.75) is 88.7 Å². The SMILES string of the molecule is CC(=O)O[C@H]1CC[C@H]2[C@@H]3CC[C@H]4C[C@H]5S[C@H]5C[C@]4(C)[C@H]3CC[C@]12C. The van der Waals surface area contributed by atoms with Crippen LogP contribution in [0.15, 0.2) is 0 Å². The van der Waals surface area contributed by atoms with Crippen LogP contribution in [-0.2, 0) is 9.53 Å². The van der Waals surface area contributed by atoms with Crippen LogP contribution in [0.5, 0.6) is 0 Å². The summed E-state index contributed by atoms with van der Waals surface area (Å²) in [5, 5.41) is 2.02. The first kappa shape index (κ1) is 16.0. The van der Waals surface area contributed by atoms with Gasteiger partial charge in [-0.05, 0) is 80.5 Å². The van der Waals surface area contributed by atoms with Gasteiger partial charge in [0.15, 0.2) is 0 Å². The molecule has 24 heavy (non-hydrogen) atoms. The average Bonchev–Trinajstić information content (AvgIpc) is 3.18. The second-order valence-electron chi connectivity index (χ2n) is 10.0. The lowest BCUT2D eigenvalue weighted by atomic mass is 9.45. The first-order chi connectivity index (χ1) is 11.4. The van der Waals surface area contributed by atoms with Crippen molar-refractivity contribution in [3.63, 3.8) is 0 Å². The Hall–Kier alpha value is -0.180. The van der Waals surface area contributed by atoms with Gasteiger partial charge >= 0.3 is 5.97 Å². The molecule has 0 aromatic rings. The molecule has 9 atom stereocenters. The number of fused-ring (bicyclic) bond motifs is 6. The highest BCUT2D eigenvalue weighted by Gasteiger charge is 2.63. The molecular formula is C21H32O2S. The molecule has 5 aliphatic rings. The van der Waals surface area contributed by atoms with Gasteiger partial charge in [0.05, 0.1) is 0 Å². The van der Waals surface area contributed by atoms with Gasteiger partial charge in [-0.1, -0.05) is 13.8 Å². The molecule has 5 rings (SSSR count). The first-order valence-electron chi connectivity index (χ1n) is 10.2. The fraction of sp³-hybridized carbons (Fsp3) is 0.952. The number of hydrogen-bond acceptors (Lipinski definition) is 3. The van der Waals surface area contributed by atoms with Crippen LogP contribution in [-0.4, -0.2) is 22.6 Å². The maximum Gasteiger partial charge on any atom is 0.302 e. The highest BCUT2D eigenvalue weighted by Crippen LogP contribution is 2.70. The van der Waals surface area contributed by atoms with Crippen LogP contribution < -0.4 is 0 Å². The standard InChI is InChI=1S/C21H32O2S/c1-12(22)23-19-7-6-15-14-5-4-13-10-17-18(24-17)11-21(13,3)16(14)8-9-20(15,19)2/h13-19H,4-11H2,1-3H3/t13-,14-,15-,16-,17+,18-,19-,20-,21-/m0/s1. The van der Waals surface area contributed by atoms with E-state index in [0.717, 1.165) is 40.6 Å². The lowest BCUT2D eigenvalue weighted by molar-refractivity contribution is -0.160. The Bertz CT molecular complexity index is 562. The lowest BCUT2D eigenvalue weighted by Crippen LogP contribution is -2.54. The highest BCUT2D eigenvalue weighted by atomic mass is 32.2. The van der Waals surface area contributed by atoms with Crippen molar-refractivity contribution in [2.24, 2.45) is 34.5 Å². The predicted molar refractivity (Wildman–Crippen MR) is 97.8 cm³/mol. The number of rotatable bonds is 1. The van der Waals surface area contributed by atoms with Gasteiger partial charge in [0.25, 0.3) is 0 Å². The summed E-state index contributed by atoms with van der Waals surface area (Å²) in [6, 6.07) is 0. The third-order valence-electron chi connectivity index (χ3n) is 9.13. The summed E-state index contributed by atoms with van der Waals surface area (Å²) in [6.45, 7) is 6.68. The summed E-state index contributed by atoms with van der Waals surface area (Å²) >= 11 is 2.27. The molecule has 0 aromatic heterocycles. The predicted octanol–water partition coefficient (Wildman–Crippen LogP) is 5.05. The topological polar surface area (TPSA) is 26.3 Å². The molecule has 1 saturated heterocycles. The van der Waals surface area contributed by atoms with Crippen molar-refractivity contribution in [1.82, 2.24) is 0 Å². The van der Waals surface area contributed by atoms with E-state index >= 15 is 0 Å². The van der Waals surface area contributed by atoms with Crippen molar-refractivity contribution >= 4 is 17.7 Å². The Morgan fingerprint density at radius 1 is 1.00 bits per heavy atom. The van der Waals surface area contributed by atoms with E-state index in [9.17, 15) is 4.79 Å². The summed E-state index contributed by atoms with van der Waals surface area (Å²) in [6.07, 6.45) is 11.1. The Labute approximate surface area is 150 Å². The molecule has 0 amide bonds. The molecule has 5 fully saturated rings. The van der Waals surface area contributed by atoms with Gasteiger partial charge in [0.2, 0.25) is 0 Å². The first-order valence-corrected chi connectivity index (χ1v) is 11.2. The van der Waals surface area contributed by atoms with Crippen molar-refractivity contribution in [1.29, 1.82) is 0 Å². The molecule has 0 aromatic carbocycles. The Morgan fingerprint density at radius 2 is 1.79 bits per heavy atom. The summed E-state index contributed by atoms with van der Waals surface area (Å²) in [4.78, 5) is 11.6. The largest absolute Gasteiger partial charge is 0.462 e. The molecule has 4 saturated carbocycles. The van der Waals surface area contributed by atoms with E-state index in [2.05, 4.69) is 25.6 Å². The number of carbonyl (C=O) groups is 1. The van der Waals surface area contributed by atoms with Gasteiger partial charge in [0, 0.05) is 22.8 Å². The van der Waals surface area contributed by atoms with Gasteiger partial charge in [-0.15, -0.1) is 0 Å². The van der Waals surface area contributed by atoms with Gasteiger partial charge in [-0.3, -0.25) is 4.79 Å². The average molecular weight is 349 g/mol. The number of hydrogen-bond donors (Lipinski definition) is 0. The Morgan fingerprint density at radius 3 is 2.58 bits per heavy atom. The second kappa shape index (κ2) is 5.18. The molecule has 0 N–H and O–H groups in total. The normalized spacial score (nSPS) is 58.0. The van der Waals surface area contributed by atoms with Crippen molar-refractivity contribution < 1.29 is 9.53 Å². The van der Waals surface area contributed by atoms with E-state index in [-0.39, 0.29) is 17.5 Å². The van der Waals surface area contributed by atoms with Gasteiger partial charge in [0.1, 0.15) is 6.10 Å². The molecule has 134 valence electrons. The molecule has 0 radical (unpaired) electrons. The van der Waals surface area contributed by atoms with E-state index in [4.69, 9.17) is 4.74 Å².